The van der Waals surface area contributed by atoms with E-state index in [1.54, 1.807) is 6.07 Å². The maximum Gasteiger partial charge on any atom is 0.416 e. The first-order valence-corrected chi connectivity index (χ1v) is 4.80. The molecule has 0 aromatic heterocycles. The normalized spacial score (nSPS) is 10.9. The van der Waals surface area contributed by atoms with E-state index in [1.807, 2.05) is 0 Å². The fourth-order valence-corrected chi connectivity index (χ4v) is 1.32. The maximum atomic E-state index is 12.6. The Morgan fingerprint density at radius 3 is 2.62 bits per heavy atom. The van der Waals surface area contributed by atoms with Crippen LogP contribution in [0.15, 0.2) is 18.2 Å². The topological polar surface area (TPSA) is 12.0 Å². The van der Waals surface area contributed by atoms with Gasteiger partial charge in [0.2, 0.25) is 0 Å². The van der Waals surface area contributed by atoms with E-state index < -0.39 is 11.7 Å². The molecule has 0 saturated heterocycles. The van der Waals surface area contributed by atoms with E-state index in [4.69, 9.17) is 6.42 Å². The van der Waals surface area contributed by atoms with E-state index in [9.17, 15) is 13.2 Å². The third-order valence-corrected chi connectivity index (χ3v) is 2.14. The summed E-state index contributed by atoms with van der Waals surface area (Å²) in [4.78, 5) is 0. The van der Waals surface area contributed by atoms with Crippen molar-refractivity contribution in [2.75, 3.05) is 11.9 Å². The standard InChI is InChI=1S/C12H12F3N/c1-3-4-7-16-10-6-5-9(2)11(8-10)12(13,14)15/h1,5-6,8,16H,4,7H2,2H3. The van der Waals surface area contributed by atoms with Gasteiger partial charge in [-0.15, -0.1) is 12.3 Å². The first-order chi connectivity index (χ1) is 7.45. The zero-order valence-corrected chi connectivity index (χ0v) is 8.86. The van der Waals surface area contributed by atoms with Crippen LogP contribution in [0.1, 0.15) is 17.5 Å². The highest BCUT2D eigenvalue weighted by Gasteiger charge is 2.32. The van der Waals surface area contributed by atoms with Crippen LogP contribution in [0.4, 0.5) is 18.9 Å². The van der Waals surface area contributed by atoms with Gasteiger partial charge in [-0.25, -0.2) is 0 Å². The van der Waals surface area contributed by atoms with Crippen molar-refractivity contribution in [3.63, 3.8) is 0 Å². The molecule has 1 rings (SSSR count). The fraction of sp³-hybridized carbons (Fsp3) is 0.333. The summed E-state index contributed by atoms with van der Waals surface area (Å²) >= 11 is 0. The molecule has 0 spiro atoms. The van der Waals surface area contributed by atoms with Crippen LogP contribution in [0.2, 0.25) is 0 Å². The van der Waals surface area contributed by atoms with Crippen LogP contribution in [0.25, 0.3) is 0 Å². The van der Waals surface area contributed by atoms with Gasteiger partial charge >= 0.3 is 6.18 Å². The lowest BCUT2D eigenvalue weighted by atomic mass is 10.1. The number of anilines is 1. The van der Waals surface area contributed by atoms with E-state index in [-0.39, 0.29) is 5.56 Å². The lowest BCUT2D eigenvalue weighted by Gasteiger charge is -2.12. The third kappa shape index (κ3) is 3.20. The van der Waals surface area contributed by atoms with Crippen LogP contribution >= 0.6 is 0 Å². The molecule has 0 fully saturated rings. The minimum Gasteiger partial charge on any atom is -0.384 e. The number of nitrogens with one attached hydrogen (secondary N) is 1. The molecule has 16 heavy (non-hydrogen) atoms. The highest BCUT2D eigenvalue weighted by molar-refractivity contribution is 5.49. The van der Waals surface area contributed by atoms with E-state index in [0.717, 1.165) is 6.07 Å². The minimum absolute atomic E-state index is 0.218. The van der Waals surface area contributed by atoms with Gasteiger partial charge in [-0.05, 0) is 24.6 Å². The molecule has 1 aromatic rings. The van der Waals surface area contributed by atoms with E-state index >= 15 is 0 Å². The van der Waals surface area contributed by atoms with Gasteiger partial charge in [-0.3, -0.25) is 0 Å². The van der Waals surface area contributed by atoms with Crippen molar-refractivity contribution in [2.24, 2.45) is 0 Å². The largest absolute Gasteiger partial charge is 0.416 e. The summed E-state index contributed by atoms with van der Waals surface area (Å²) in [6.45, 7) is 1.91. The van der Waals surface area contributed by atoms with Gasteiger partial charge in [0.05, 0.1) is 5.56 Å². The Labute approximate surface area is 92.7 Å². The number of aryl methyl sites for hydroxylation is 1. The second-order valence-corrected chi connectivity index (χ2v) is 3.41. The highest BCUT2D eigenvalue weighted by atomic mass is 19.4. The molecular formula is C12H12F3N. The number of halogens is 3. The van der Waals surface area contributed by atoms with Crippen molar-refractivity contribution < 1.29 is 13.2 Å². The van der Waals surface area contributed by atoms with Crippen molar-refractivity contribution in [2.45, 2.75) is 19.5 Å². The second kappa shape index (κ2) is 4.93. The fourth-order valence-electron chi connectivity index (χ4n) is 1.32. The number of benzene rings is 1. The van der Waals surface area contributed by atoms with Crippen LogP contribution in [0, 0.1) is 19.3 Å². The molecular weight excluding hydrogens is 215 g/mol. The molecule has 0 aliphatic carbocycles. The van der Waals surface area contributed by atoms with Gasteiger partial charge in [0.15, 0.2) is 0 Å². The molecule has 4 heteroatoms. The van der Waals surface area contributed by atoms with Crippen molar-refractivity contribution in [1.29, 1.82) is 0 Å². The van der Waals surface area contributed by atoms with Crippen molar-refractivity contribution in [3.05, 3.63) is 29.3 Å². The summed E-state index contributed by atoms with van der Waals surface area (Å²) in [5.74, 6) is 2.41. The molecule has 1 nitrogen and oxygen atoms in total. The molecule has 0 saturated carbocycles. The van der Waals surface area contributed by atoms with E-state index in [1.165, 1.54) is 13.0 Å². The van der Waals surface area contributed by atoms with Crippen LogP contribution in [-0.4, -0.2) is 6.54 Å². The molecule has 0 aliphatic rings. The van der Waals surface area contributed by atoms with Crippen LogP contribution in [0.3, 0.4) is 0 Å². The summed E-state index contributed by atoms with van der Waals surface area (Å²) in [7, 11) is 0. The van der Waals surface area contributed by atoms with Crippen LogP contribution in [0.5, 0.6) is 0 Å². The smallest absolute Gasteiger partial charge is 0.384 e. The molecule has 0 unspecified atom stereocenters. The Hall–Kier alpha value is -1.63. The molecule has 0 amide bonds. The molecule has 1 aromatic carbocycles. The molecule has 0 radical (unpaired) electrons. The highest BCUT2D eigenvalue weighted by Crippen LogP contribution is 2.33. The lowest BCUT2D eigenvalue weighted by Crippen LogP contribution is -2.09. The molecule has 0 atom stereocenters. The lowest BCUT2D eigenvalue weighted by molar-refractivity contribution is -0.138. The van der Waals surface area contributed by atoms with Crippen molar-refractivity contribution in [1.82, 2.24) is 0 Å². The summed E-state index contributed by atoms with van der Waals surface area (Å²) in [6, 6.07) is 4.16. The minimum atomic E-state index is -4.31. The maximum absolute atomic E-state index is 12.6. The number of terminal acetylenes is 1. The van der Waals surface area contributed by atoms with Gasteiger partial charge in [0, 0.05) is 18.7 Å². The monoisotopic (exact) mass is 227 g/mol. The Kier molecular flexibility index (Phi) is 3.83. The average Bonchev–Trinajstić information content (AvgIpc) is 2.19. The Bertz CT molecular complexity index is 402. The predicted octanol–water partition coefficient (Wildman–Crippen LogP) is 3.45. The Morgan fingerprint density at radius 1 is 1.38 bits per heavy atom. The Balaban J connectivity index is 2.87. The SMILES string of the molecule is C#CCCNc1ccc(C)c(C(F)(F)F)c1. The molecule has 0 bridgehead atoms. The number of hydrogen-bond acceptors (Lipinski definition) is 1. The quantitative estimate of drug-likeness (QED) is 0.616. The summed E-state index contributed by atoms with van der Waals surface area (Å²) in [6.07, 6.45) is 1.22. The second-order valence-electron chi connectivity index (χ2n) is 3.41. The third-order valence-electron chi connectivity index (χ3n) is 2.14. The van der Waals surface area contributed by atoms with E-state index in [2.05, 4.69) is 11.2 Å². The zero-order valence-electron chi connectivity index (χ0n) is 8.86. The average molecular weight is 227 g/mol. The van der Waals surface area contributed by atoms with E-state index in [0.29, 0.717) is 18.7 Å². The van der Waals surface area contributed by atoms with Crippen LogP contribution in [-0.2, 0) is 6.18 Å². The van der Waals surface area contributed by atoms with Crippen molar-refractivity contribution >= 4 is 5.69 Å². The number of hydrogen-bond donors (Lipinski definition) is 1. The van der Waals surface area contributed by atoms with Gasteiger partial charge in [0.25, 0.3) is 0 Å². The predicted molar refractivity (Wildman–Crippen MR) is 58.1 cm³/mol. The first kappa shape index (κ1) is 12.4. The molecule has 86 valence electrons. The van der Waals surface area contributed by atoms with Gasteiger partial charge in [-0.2, -0.15) is 13.2 Å². The molecule has 1 N–H and O–H groups in total. The van der Waals surface area contributed by atoms with Crippen molar-refractivity contribution in [3.8, 4) is 12.3 Å². The van der Waals surface area contributed by atoms with Gasteiger partial charge in [-0.1, -0.05) is 6.07 Å². The Morgan fingerprint density at radius 2 is 2.06 bits per heavy atom. The summed E-state index contributed by atoms with van der Waals surface area (Å²) in [5.41, 5.74) is 0.0429. The summed E-state index contributed by atoms with van der Waals surface area (Å²) < 4.78 is 37.7. The number of rotatable bonds is 3. The van der Waals surface area contributed by atoms with Gasteiger partial charge in [0.1, 0.15) is 0 Å². The van der Waals surface area contributed by atoms with Crippen LogP contribution < -0.4 is 5.32 Å². The zero-order chi connectivity index (χ0) is 12.2. The van der Waals surface area contributed by atoms with Gasteiger partial charge < -0.3 is 5.32 Å². The summed E-state index contributed by atoms with van der Waals surface area (Å²) in [5, 5.41) is 2.84. The first-order valence-electron chi connectivity index (χ1n) is 4.80. The molecule has 0 aliphatic heterocycles. The number of alkyl halides is 3. The molecule has 0 heterocycles.